The van der Waals surface area contributed by atoms with Gasteiger partial charge >= 0.3 is 0 Å². The van der Waals surface area contributed by atoms with Crippen LogP contribution in [0.1, 0.15) is 36.7 Å². The smallest absolute Gasteiger partial charge is 0.251 e. The first-order valence-corrected chi connectivity index (χ1v) is 6.85. The van der Waals surface area contributed by atoms with E-state index in [0.717, 1.165) is 22.3 Å². The standard InChI is InChI=1S/C18H21NO/c1-13-10-11-15(14-8-6-5-7-9-14)12-16(13)17(20)19-18(2,3)4/h5-12H,1-4H3,(H,19,20). The van der Waals surface area contributed by atoms with Crippen LogP contribution in [0.3, 0.4) is 0 Å². The Morgan fingerprint density at radius 2 is 1.60 bits per heavy atom. The minimum Gasteiger partial charge on any atom is -0.347 e. The van der Waals surface area contributed by atoms with E-state index in [1.54, 1.807) is 0 Å². The topological polar surface area (TPSA) is 29.1 Å². The predicted octanol–water partition coefficient (Wildman–Crippen LogP) is 4.19. The van der Waals surface area contributed by atoms with Crippen molar-refractivity contribution in [3.63, 3.8) is 0 Å². The van der Waals surface area contributed by atoms with E-state index in [4.69, 9.17) is 0 Å². The molecule has 1 amide bonds. The highest BCUT2D eigenvalue weighted by molar-refractivity contribution is 5.97. The summed E-state index contributed by atoms with van der Waals surface area (Å²) in [5.74, 6) is -0.0206. The van der Waals surface area contributed by atoms with Crippen molar-refractivity contribution in [1.82, 2.24) is 5.32 Å². The molecule has 2 aromatic rings. The molecule has 0 fully saturated rings. The number of nitrogens with one attached hydrogen (secondary N) is 1. The van der Waals surface area contributed by atoms with Crippen molar-refractivity contribution in [2.24, 2.45) is 0 Å². The van der Waals surface area contributed by atoms with Crippen molar-refractivity contribution < 1.29 is 4.79 Å². The summed E-state index contributed by atoms with van der Waals surface area (Å²) in [4.78, 5) is 12.4. The van der Waals surface area contributed by atoms with Gasteiger partial charge in [0, 0.05) is 11.1 Å². The van der Waals surface area contributed by atoms with Gasteiger partial charge in [-0.25, -0.2) is 0 Å². The van der Waals surface area contributed by atoms with Crippen molar-refractivity contribution in [2.45, 2.75) is 33.2 Å². The molecule has 0 aliphatic carbocycles. The lowest BCUT2D eigenvalue weighted by atomic mass is 9.98. The maximum Gasteiger partial charge on any atom is 0.251 e. The SMILES string of the molecule is Cc1ccc(-c2ccccc2)cc1C(=O)NC(C)(C)C. The summed E-state index contributed by atoms with van der Waals surface area (Å²) in [5, 5.41) is 3.02. The number of hydrogen-bond acceptors (Lipinski definition) is 1. The summed E-state index contributed by atoms with van der Waals surface area (Å²) >= 11 is 0. The number of hydrogen-bond donors (Lipinski definition) is 1. The van der Waals surface area contributed by atoms with Crippen molar-refractivity contribution in [3.8, 4) is 11.1 Å². The largest absolute Gasteiger partial charge is 0.347 e. The van der Waals surface area contributed by atoms with Crippen molar-refractivity contribution in [3.05, 3.63) is 59.7 Å². The molecule has 20 heavy (non-hydrogen) atoms. The van der Waals surface area contributed by atoms with E-state index in [1.165, 1.54) is 0 Å². The molecule has 0 unspecified atom stereocenters. The van der Waals surface area contributed by atoms with Gasteiger partial charge in [0.1, 0.15) is 0 Å². The van der Waals surface area contributed by atoms with Crippen LogP contribution in [0, 0.1) is 6.92 Å². The molecule has 2 rings (SSSR count). The second-order valence-electron chi connectivity index (χ2n) is 6.10. The number of amides is 1. The van der Waals surface area contributed by atoms with Crippen LogP contribution < -0.4 is 5.32 Å². The average Bonchev–Trinajstić information content (AvgIpc) is 2.38. The van der Waals surface area contributed by atoms with E-state index in [0.29, 0.717) is 0 Å². The summed E-state index contributed by atoms with van der Waals surface area (Å²) in [6.45, 7) is 7.93. The molecule has 1 N–H and O–H groups in total. The molecule has 0 aliphatic heterocycles. The molecule has 0 saturated heterocycles. The molecule has 0 aliphatic rings. The number of carbonyl (C=O) groups excluding carboxylic acids is 1. The average molecular weight is 267 g/mol. The Hall–Kier alpha value is -2.09. The third-order valence-electron chi connectivity index (χ3n) is 3.08. The normalized spacial score (nSPS) is 11.2. The molecule has 0 saturated carbocycles. The molecule has 0 bridgehead atoms. The summed E-state index contributed by atoms with van der Waals surface area (Å²) in [6, 6.07) is 16.1. The highest BCUT2D eigenvalue weighted by Crippen LogP contribution is 2.22. The van der Waals surface area contributed by atoms with Crippen LogP contribution in [-0.4, -0.2) is 11.4 Å². The van der Waals surface area contributed by atoms with Crippen LogP contribution in [0.4, 0.5) is 0 Å². The van der Waals surface area contributed by atoms with Crippen molar-refractivity contribution in [2.75, 3.05) is 0 Å². The highest BCUT2D eigenvalue weighted by Gasteiger charge is 2.17. The summed E-state index contributed by atoms with van der Waals surface area (Å²) < 4.78 is 0. The Kier molecular flexibility index (Phi) is 3.93. The van der Waals surface area contributed by atoms with Gasteiger partial charge in [0.05, 0.1) is 0 Å². The van der Waals surface area contributed by atoms with E-state index in [1.807, 2.05) is 58.0 Å². The molecule has 0 radical (unpaired) electrons. The van der Waals surface area contributed by atoms with Crippen LogP contribution in [0.15, 0.2) is 48.5 Å². The quantitative estimate of drug-likeness (QED) is 0.868. The highest BCUT2D eigenvalue weighted by atomic mass is 16.1. The fourth-order valence-corrected chi connectivity index (χ4v) is 2.08. The van der Waals surface area contributed by atoms with Gasteiger partial charge in [-0.1, -0.05) is 42.5 Å². The Morgan fingerprint density at radius 1 is 0.950 bits per heavy atom. The van der Waals surface area contributed by atoms with Gasteiger partial charge in [0.2, 0.25) is 0 Å². The molecule has 2 heteroatoms. The second-order valence-corrected chi connectivity index (χ2v) is 6.10. The fourth-order valence-electron chi connectivity index (χ4n) is 2.08. The Labute approximate surface area is 120 Å². The van der Waals surface area contributed by atoms with Crippen molar-refractivity contribution >= 4 is 5.91 Å². The van der Waals surface area contributed by atoms with Gasteiger partial charge in [-0.05, 0) is 50.5 Å². The molecule has 2 aromatic carbocycles. The molecule has 0 heterocycles. The van der Waals surface area contributed by atoms with Crippen LogP contribution >= 0.6 is 0 Å². The summed E-state index contributed by atoms with van der Waals surface area (Å²) in [5.41, 5.74) is 3.69. The zero-order chi connectivity index (χ0) is 14.8. The molecular weight excluding hydrogens is 246 g/mol. The number of benzene rings is 2. The molecule has 0 spiro atoms. The zero-order valence-corrected chi connectivity index (χ0v) is 12.5. The van der Waals surface area contributed by atoms with E-state index < -0.39 is 0 Å². The Bertz CT molecular complexity index is 609. The Morgan fingerprint density at radius 3 is 2.20 bits per heavy atom. The maximum atomic E-state index is 12.4. The molecule has 104 valence electrons. The van der Waals surface area contributed by atoms with Crippen LogP contribution in [0.5, 0.6) is 0 Å². The van der Waals surface area contributed by atoms with Crippen LogP contribution in [-0.2, 0) is 0 Å². The molecule has 0 atom stereocenters. The van der Waals surface area contributed by atoms with E-state index in [2.05, 4.69) is 23.5 Å². The van der Waals surface area contributed by atoms with Gasteiger partial charge in [-0.2, -0.15) is 0 Å². The van der Waals surface area contributed by atoms with E-state index in [9.17, 15) is 4.79 Å². The lowest BCUT2D eigenvalue weighted by Gasteiger charge is -2.21. The van der Waals surface area contributed by atoms with Gasteiger partial charge in [-0.15, -0.1) is 0 Å². The lowest BCUT2D eigenvalue weighted by molar-refractivity contribution is 0.0919. The maximum absolute atomic E-state index is 12.4. The fraction of sp³-hybridized carbons (Fsp3) is 0.278. The molecule has 0 aromatic heterocycles. The van der Waals surface area contributed by atoms with Gasteiger partial charge in [0.15, 0.2) is 0 Å². The number of aryl methyl sites for hydroxylation is 1. The minimum atomic E-state index is -0.230. The summed E-state index contributed by atoms with van der Waals surface area (Å²) in [6.07, 6.45) is 0. The van der Waals surface area contributed by atoms with E-state index >= 15 is 0 Å². The van der Waals surface area contributed by atoms with E-state index in [-0.39, 0.29) is 11.4 Å². The molecule has 2 nitrogen and oxygen atoms in total. The third kappa shape index (κ3) is 3.47. The predicted molar refractivity (Wildman–Crippen MR) is 83.8 cm³/mol. The monoisotopic (exact) mass is 267 g/mol. The van der Waals surface area contributed by atoms with Gasteiger partial charge in [0.25, 0.3) is 5.91 Å². The first-order valence-electron chi connectivity index (χ1n) is 6.85. The second kappa shape index (κ2) is 5.49. The third-order valence-corrected chi connectivity index (χ3v) is 3.08. The Balaban J connectivity index is 2.37. The van der Waals surface area contributed by atoms with Crippen molar-refractivity contribution in [1.29, 1.82) is 0 Å². The number of rotatable bonds is 2. The lowest BCUT2D eigenvalue weighted by Crippen LogP contribution is -2.40. The van der Waals surface area contributed by atoms with Crippen LogP contribution in [0.2, 0.25) is 0 Å². The van der Waals surface area contributed by atoms with Gasteiger partial charge in [-0.3, -0.25) is 4.79 Å². The number of carbonyl (C=O) groups is 1. The zero-order valence-electron chi connectivity index (χ0n) is 12.5. The van der Waals surface area contributed by atoms with Gasteiger partial charge < -0.3 is 5.32 Å². The molecular formula is C18H21NO. The summed E-state index contributed by atoms with van der Waals surface area (Å²) in [7, 11) is 0. The first kappa shape index (κ1) is 14.3. The first-order chi connectivity index (χ1) is 9.37. The van der Waals surface area contributed by atoms with Crippen LogP contribution in [0.25, 0.3) is 11.1 Å². The minimum absolute atomic E-state index is 0.0206.